The molecule has 0 aromatic heterocycles. The fourth-order valence-electron chi connectivity index (χ4n) is 2.15. The lowest BCUT2D eigenvalue weighted by Crippen LogP contribution is -2.19. The summed E-state index contributed by atoms with van der Waals surface area (Å²) in [4.78, 5) is 2.24. The van der Waals surface area contributed by atoms with E-state index in [1.165, 1.54) is 0 Å². The first-order valence-corrected chi connectivity index (χ1v) is 5.89. The zero-order chi connectivity index (χ0) is 12.4. The maximum atomic E-state index is 5.34. The number of hydrogen-bond donors (Lipinski definition) is 1. The van der Waals surface area contributed by atoms with Crippen molar-refractivity contribution in [3.8, 4) is 11.5 Å². The van der Waals surface area contributed by atoms with Crippen LogP contribution in [0.5, 0.6) is 11.5 Å². The molecule has 0 saturated heterocycles. The van der Waals surface area contributed by atoms with Crippen LogP contribution in [0.25, 0.3) is 0 Å². The Bertz CT molecular complexity index is 407. The van der Waals surface area contributed by atoms with Crippen LogP contribution in [0.2, 0.25) is 0 Å². The molecule has 2 rings (SSSR count). The first kappa shape index (κ1) is 11.9. The standard InChI is InChI=1S/C13H20N2O2/c1-9-5-6-15(2)11-8-13(17-4)12(16-3)7-10(11)14-9/h7-9,14H,5-6H2,1-4H3. The second-order valence-electron chi connectivity index (χ2n) is 4.48. The molecule has 17 heavy (non-hydrogen) atoms. The molecule has 1 aromatic rings. The third-order valence-electron chi connectivity index (χ3n) is 3.21. The van der Waals surface area contributed by atoms with Gasteiger partial charge in [0, 0.05) is 31.8 Å². The van der Waals surface area contributed by atoms with E-state index in [0.717, 1.165) is 35.8 Å². The summed E-state index contributed by atoms with van der Waals surface area (Å²) in [5, 5.41) is 3.50. The van der Waals surface area contributed by atoms with E-state index in [4.69, 9.17) is 9.47 Å². The number of nitrogens with zero attached hydrogens (tertiary/aromatic N) is 1. The minimum Gasteiger partial charge on any atom is -0.493 e. The Morgan fingerprint density at radius 1 is 1.24 bits per heavy atom. The van der Waals surface area contributed by atoms with Gasteiger partial charge in [0.25, 0.3) is 0 Å². The van der Waals surface area contributed by atoms with E-state index in [1.807, 2.05) is 12.1 Å². The molecule has 0 bridgehead atoms. The van der Waals surface area contributed by atoms with E-state index in [2.05, 4.69) is 24.2 Å². The monoisotopic (exact) mass is 236 g/mol. The van der Waals surface area contributed by atoms with Crippen molar-refractivity contribution in [2.24, 2.45) is 0 Å². The van der Waals surface area contributed by atoms with Crippen molar-refractivity contribution >= 4 is 11.4 Å². The van der Waals surface area contributed by atoms with Gasteiger partial charge in [0.1, 0.15) is 0 Å². The Kier molecular flexibility index (Phi) is 3.31. The van der Waals surface area contributed by atoms with Gasteiger partial charge in [-0.2, -0.15) is 0 Å². The van der Waals surface area contributed by atoms with Crippen molar-refractivity contribution in [1.29, 1.82) is 0 Å². The van der Waals surface area contributed by atoms with Crippen LogP contribution in [-0.4, -0.2) is 33.9 Å². The van der Waals surface area contributed by atoms with Crippen molar-refractivity contribution in [2.75, 3.05) is 38.0 Å². The normalized spacial score (nSPS) is 19.1. The van der Waals surface area contributed by atoms with Crippen LogP contribution in [0.3, 0.4) is 0 Å². The summed E-state index contributed by atoms with van der Waals surface area (Å²) in [7, 11) is 5.43. The molecular formula is C13H20N2O2. The summed E-state index contributed by atoms with van der Waals surface area (Å²) in [6.07, 6.45) is 1.12. The Labute approximate surface area is 103 Å². The highest BCUT2D eigenvalue weighted by atomic mass is 16.5. The third-order valence-corrected chi connectivity index (χ3v) is 3.21. The van der Waals surface area contributed by atoms with Crippen molar-refractivity contribution < 1.29 is 9.47 Å². The number of ether oxygens (including phenoxy) is 2. The topological polar surface area (TPSA) is 33.7 Å². The van der Waals surface area contributed by atoms with Gasteiger partial charge in [-0.1, -0.05) is 0 Å². The minimum absolute atomic E-state index is 0.469. The van der Waals surface area contributed by atoms with E-state index < -0.39 is 0 Å². The van der Waals surface area contributed by atoms with E-state index in [9.17, 15) is 0 Å². The van der Waals surface area contributed by atoms with Gasteiger partial charge in [-0.3, -0.25) is 0 Å². The lowest BCUT2D eigenvalue weighted by Gasteiger charge is -2.20. The van der Waals surface area contributed by atoms with Crippen LogP contribution in [0.15, 0.2) is 12.1 Å². The predicted molar refractivity (Wildman–Crippen MR) is 70.5 cm³/mol. The lowest BCUT2D eigenvalue weighted by atomic mass is 10.2. The average molecular weight is 236 g/mol. The SMILES string of the molecule is COc1cc2c(cc1OC)N(C)CCC(C)N2. The molecule has 0 fully saturated rings. The molecule has 1 N–H and O–H groups in total. The summed E-state index contributed by atoms with van der Waals surface area (Å²) in [5.74, 6) is 1.54. The molecule has 1 aliphatic rings. The van der Waals surface area contributed by atoms with E-state index >= 15 is 0 Å². The first-order valence-electron chi connectivity index (χ1n) is 5.89. The Balaban J connectivity index is 2.48. The fourth-order valence-corrected chi connectivity index (χ4v) is 2.15. The molecule has 4 heteroatoms. The van der Waals surface area contributed by atoms with Crippen LogP contribution >= 0.6 is 0 Å². The Hall–Kier alpha value is -1.58. The minimum atomic E-state index is 0.469. The van der Waals surface area contributed by atoms with Crippen LogP contribution in [0, 0.1) is 0 Å². The molecule has 4 nitrogen and oxygen atoms in total. The zero-order valence-corrected chi connectivity index (χ0v) is 10.9. The van der Waals surface area contributed by atoms with Crippen molar-refractivity contribution in [2.45, 2.75) is 19.4 Å². The first-order chi connectivity index (χ1) is 8.15. The van der Waals surface area contributed by atoms with Gasteiger partial charge in [-0.15, -0.1) is 0 Å². The summed E-state index contributed by atoms with van der Waals surface area (Å²) >= 11 is 0. The molecule has 1 unspecified atom stereocenters. The lowest BCUT2D eigenvalue weighted by molar-refractivity contribution is 0.355. The predicted octanol–water partition coefficient (Wildman–Crippen LogP) is 2.34. The van der Waals surface area contributed by atoms with Gasteiger partial charge >= 0.3 is 0 Å². The molecule has 1 atom stereocenters. The molecule has 0 spiro atoms. The number of hydrogen-bond acceptors (Lipinski definition) is 4. The summed E-state index contributed by atoms with van der Waals surface area (Å²) < 4.78 is 10.7. The summed E-state index contributed by atoms with van der Waals surface area (Å²) in [5.41, 5.74) is 2.27. The molecule has 0 radical (unpaired) electrons. The molecular weight excluding hydrogens is 216 g/mol. The quantitative estimate of drug-likeness (QED) is 0.854. The number of nitrogens with one attached hydrogen (secondary N) is 1. The van der Waals surface area contributed by atoms with Crippen LogP contribution in [0.1, 0.15) is 13.3 Å². The second kappa shape index (κ2) is 4.73. The van der Waals surface area contributed by atoms with E-state index in [-0.39, 0.29) is 0 Å². The number of fused-ring (bicyclic) bond motifs is 1. The number of rotatable bonds is 2. The van der Waals surface area contributed by atoms with Gasteiger partial charge in [-0.25, -0.2) is 0 Å². The summed E-state index contributed by atoms with van der Waals surface area (Å²) in [6.45, 7) is 3.23. The maximum Gasteiger partial charge on any atom is 0.162 e. The highest BCUT2D eigenvalue weighted by molar-refractivity contribution is 5.76. The number of methoxy groups -OCH3 is 2. The highest BCUT2D eigenvalue weighted by Crippen LogP contribution is 2.39. The largest absolute Gasteiger partial charge is 0.493 e. The molecule has 0 aliphatic carbocycles. The van der Waals surface area contributed by atoms with E-state index in [0.29, 0.717) is 6.04 Å². The van der Waals surface area contributed by atoms with Crippen LogP contribution < -0.4 is 19.7 Å². The maximum absolute atomic E-state index is 5.34. The van der Waals surface area contributed by atoms with Crippen LogP contribution in [-0.2, 0) is 0 Å². The zero-order valence-electron chi connectivity index (χ0n) is 10.9. The van der Waals surface area contributed by atoms with Crippen LogP contribution in [0.4, 0.5) is 11.4 Å². The van der Waals surface area contributed by atoms with Gasteiger partial charge < -0.3 is 19.7 Å². The highest BCUT2D eigenvalue weighted by Gasteiger charge is 2.19. The smallest absolute Gasteiger partial charge is 0.162 e. The van der Waals surface area contributed by atoms with Crippen molar-refractivity contribution in [1.82, 2.24) is 0 Å². The fraction of sp³-hybridized carbons (Fsp3) is 0.538. The van der Waals surface area contributed by atoms with Crippen molar-refractivity contribution in [3.05, 3.63) is 12.1 Å². The number of anilines is 2. The third kappa shape index (κ3) is 2.25. The molecule has 1 aliphatic heterocycles. The number of benzene rings is 1. The molecule has 0 saturated carbocycles. The molecule has 1 heterocycles. The molecule has 0 amide bonds. The summed E-state index contributed by atoms with van der Waals surface area (Å²) in [6, 6.07) is 4.50. The van der Waals surface area contributed by atoms with Crippen molar-refractivity contribution in [3.63, 3.8) is 0 Å². The van der Waals surface area contributed by atoms with E-state index in [1.54, 1.807) is 14.2 Å². The van der Waals surface area contributed by atoms with Gasteiger partial charge in [-0.05, 0) is 13.3 Å². The Morgan fingerprint density at radius 3 is 2.53 bits per heavy atom. The van der Waals surface area contributed by atoms with Gasteiger partial charge in [0.05, 0.1) is 25.6 Å². The molecule has 1 aromatic carbocycles. The average Bonchev–Trinajstić information content (AvgIpc) is 2.47. The van der Waals surface area contributed by atoms with Gasteiger partial charge in [0.2, 0.25) is 0 Å². The Morgan fingerprint density at radius 2 is 1.88 bits per heavy atom. The molecule has 94 valence electrons. The van der Waals surface area contributed by atoms with Gasteiger partial charge in [0.15, 0.2) is 11.5 Å². The second-order valence-corrected chi connectivity index (χ2v) is 4.48.